The van der Waals surface area contributed by atoms with Crippen LogP contribution in [0, 0.1) is 17.8 Å². The minimum absolute atomic E-state index is 0.427. The highest BCUT2D eigenvalue weighted by Gasteiger charge is 2.49. The van der Waals surface area contributed by atoms with Crippen molar-refractivity contribution in [3.05, 3.63) is 35.4 Å². The lowest BCUT2D eigenvalue weighted by Gasteiger charge is -2.34. The van der Waals surface area contributed by atoms with E-state index in [1.54, 1.807) is 0 Å². The Labute approximate surface area is 122 Å². The van der Waals surface area contributed by atoms with Gasteiger partial charge in [-0.2, -0.15) is 0 Å². The molecule has 110 valence electrons. The fourth-order valence-corrected chi connectivity index (χ4v) is 4.13. The fourth-order valence-electron chi connectivity index (χ4n) is 4.13. The van der Waals surface area contributed by atoms with Crippen LogP contribution in [-0.2, 0) is 12.8 Å². The average molecular weight is 273 g/mol. The lowest BCUT2D eigenvalue weighted by Crippen LogP contribution is -2.49. The first-order valence-electron chi connectivity index (χ1n) is 8.09. The zero-order chi connectivity index (χ0) is 14.2. The Morgan fingerprint density at radius 3 is 2.20 bits per heavy atom. The molecule has 20 heavy (non-hydrogen) atoms. The zero-order valence-corrected chi connectivity index (χ0v) is 12.7. The van der Waals surface area contributed by atoms with E-state index in [-0.39, 0.29) is 0 Å². The second-order valence-corrected chi connectivity index (χ2v) is 7.16. The van der Waals surface area contributed by atoms with Gasteiger partial charge in [0.2, 0.25) is 0 Å². The Balaban J connectivity index is 1.78. The molecule has 0 radical (unpaired) electrons. The Morgan fingerprint density at radius 2 is 1.70 bits per heavy atom. The average Bonchev–Trinajstić information content (AvgIpc) is 2.61. The van der Waals surface area contributed by atoms with Crippen molar-refractivity contribution in [2.45, 2.75) is 45.1 Å². The van der Waals surface area contributed by atoms with Crippen LogP contribution in [0.1, 0.15) is 37.8 Å². The van der Waals surface area contributed by atoms with E-state index >= 15 is 0 Å². The van der Waals surface area contributed by atoms with Gasteiger partial charge in [-0.15, -0.1) is 0 Å². The molecule has 1 saturated carbocycles. The second-order valence-electron chi connectivity index (χ2n) is 7.16. The molecule has 2 unspecified atom stereocenters. The first-order valence-corrected chi connectivity index (χ1v) is 8.09. The molecule has 2 bridgehead atoms. The Bertz CT molecular complexity index is 435. The van der Waals surface area contributed by atoms with Gasteiger partial charge in [0.15, 0.2) is 0 Å². The molecular formula is C18H27NO. The number of fused-ring (bicyclic) bond motifs is 3. The third-order valence-corrected chi connectivity index (χ3v) is 5.29. The highest BCUT2D eigenvalue weighted by molar-refractivity contribution is 5.31. The molecule has 0 amide bonds. The molecule has 0 heterocycles. The van der Waals surface area contributed by atoms with Crippen molar-refractivity contribution in [2.75, 3.05) is 13.1 Å². The van der Waals surface area contributed by atoms with Gasteiger partial charge in [0.1, 0.15) is 0 Å². The predicted molar refractivity (Wildman–Crippen MR) is 82.7 cm³/mol. The molecule has 2 heteroatoms. The maximum absolute atomic E-state index is 11.3. The maximum Gasteiger partial charge on any atom is 0.0833 e. The summed E-state index contributed by atoms with van der Waals surface area (Å²) < 4.78 is 0. The van der Waals surface area contributed by atoms with Crippen LogP contribution in [0.25, 0.3) is 0 Å². The van der Waals surface area contributed by atoms with Crippen molar-refractivity contribution in [3.8, 4) is 0 Å². The lowest BCUT2D eigenvalue weighted by molar-refractivity contribution is -0.0322. The molecule has 1 aromatic rings. The minimum atomic E-state index is -0.506. The van der Waals surface area contributed by atoms with Crippen molar-refractivity contribution in [1.82, 2.24) is 5.32 Å². The van der Waals surface area contributed by atoms with Crippen molar-refractivity contribution in [1.29, 1.82) is 0 Å². The van der Waals surface area contributed by atoms with Crippen LogP contribution in [0.4, 0.5) is 0 Å². The van der Waals surface area contributed by atoms with E-state index in [0.717, 1.165) is 25.9 Å². The number of hydrogen-bond acceptors (Lipinski definition) is 2. The summed E-state index contributed by atoms with van der Waals surface area (Å²) in [5, 5.41) is 14.8. The van der Waals surface area contributed by atoms with Crippen molar-refractivity contribution in [2.24, 2.45) is 17.8 Å². The number of rotatable bonds is 4. The van der Waals surface area contributed by atoms with E-state index in [1.165, 1.54) is 24.0 Å². The second kappa shape index (κ2) is 5.50. The smallest absolute Gasteiger partial charge is 0.0833 e. The van der Waals surface area contributed by atoms with Crippen molar-refractivity contribution >= 4 is 0 Å². The summed E-state index contributed by atoms with van der Waals surface area (Å²) in [5.74, 6) is 1.49. The molecular weight excluding hydrogens is 246 g/mol. The third-order valence-electron chi connectivity index (χ3n) is 5.29. The molecule has 0 saturated heterocycles. The van der Waals surface area contributed by atoms with E-state index in [4.69, 9.17) is 0 Å². The van der Waals surface area contributed by atoms with Gasteiger partial charge in [-0.25, -0.2) is 0 Å². The van der Waals surface area contributed by atoms with Gasteiger partial charge >= 0.3 is 0 Å². The van der Waals surface area contributed by atoms with Crippen LogP contribution in [0.15, 0.2) is 24.3 Å². The molecule has 3 rings (SSSR count). The van der Waals surface area contributed by atoms with E-state index in [2.05, 4.69) is 43.4 Å². The van der Waals surface area contributed by atoms with Gasteiger partial charge in [0.05, 0.1) is 5.60 Å². The Morgan fingerprint density at radius 1 is 1.15 bits per heavy atom. The number of hydrogen-bond donors (Lipinski definition) is 2. The van der Waals surface area contributed by atoms with E-state index in [9.17, 15) is 5.11 Å². The molecule has 2 atom stereocenters. The molecule has 1 fully saturated rings. The summed E-state index contributed by atoms with van der Waals surface area (Å²) in [7, 11) is 0. The van der Waals surface area contributed by atoms with Crippen LogP contribution in [-0.4, -0.2) is 23.8 Å². The molecule has 2 N–H and O–H groups in total. The Hall–Kier alpha value is -0.860. The normalized spacial score (nSPS) is 32.2. The summed E-state index contributed by atoms with van der Waals surface area (Å²) in [6.07, 6.45) is 4.46. The zero-order valence-electron chi connectivity index (χ0n) is 12.7. The van der Waals surface area contributed by atoms with Crippen LogP contribution in [0.3, 0.4) is 0 Å². The van der Waals surface area contributed by atoms with Crippen LogP contribution in [0.2, 0.25) is 0 Å². The standard InChI is InChI=1S/C18H27NO/c1-13(2)11-19-12-18(20)16-7-8-17(18)10-15-6-4-3-5-14(15)9-16/h3-6,13,16-17,19-20H,7-12H2,1-2H3. The van der Waals surface area contributed by atoms with Gasteiger partial charge < -0.3 is 10.4 Å². The third kappa shape index (κ3) is 2.51. The van der Waals surface area contributed by atoms with Gasteiger partial charge in [-0.3, -0.25) is 0 Å². The lowest BCUT2D eigenvalue weighted by atomic mass is 9.82. The Kier molecular flexibility index (Phi) is 3.87. The van der Waals surface area contributed by atoms with Crippen molar-refractivity contribution in [3.63, 3.8) is 0 Å². The van der Waals surface area contributed by atoms with Gasteiger partial charge in [0, 0.05) is 6.54 Å². The molecule has 0 aliphatic heterocycles. The summed E-state index contributed by atoms with van der Waals surface area (Å²) in [6.45, 7) is 6.19. The predicted octanol–water partition coefficient (Wildman–Crippen LogP) is 2.79. The largest absolute Gasteiger partial charge is 0.388 e. The number of nitrogens with one attached hydrogen (secondary N) is 1. The summed E-state index contributed by atoms with van der Waals surface area (Å²) in [6, 6.07) is 8.76. The van der Waals surface area contributed by atoms with Crippen molar-refractivity contribution < 1.29 is 5.11 Å². The first kappa shape index (κ1) is 14.1. The maximum atomic E-state index is 11.3. The molecule has 2 nitrogen and oxygen atoms in total. The monoisotopic (exact) mass is 273 g/mol. The minimum Gasteiger partial charge on any atom is -0.388 e. The first-order chi connectivity index (χ1) is 9.59. The summed E-state index contributed by atoms with van der Waals surface area (Å²) in [4.78, 5) is 0. The fraction of sp³-hybridized carbons (Fsp3) is 0.667. The molecule has 1 aromatic carbocycles. The molecule has 0 spiro atoms. The number of aliphatic hydroxyl groups is 1. The van der Waals surface area contributed by atoms with E-state index in [1.807, 2.05) is 0 Å². The van der Waals surface area contributed by atoms with E-state index in [0.29, 0.717) is 17.8 Å². The van der Waals surface area contributed by atoms with Gasteiger partial charge in [-0.05, 0) is 61.1 Å². The quantitative estimate of drug-likeness (QED) is 0.884. The van der Waals surface area contributed by atoms with Crippen LogP contribution >= 0.6 is 0 Å². The molecule has 2 aliphatic carbocycles. The molecule has 2 aliphatic rings. The highest BCUT2D eigenvalue weighted by Crippen LogP contribution is 2.46. The number of benzene rings is 1. The van der Waals surface area contributed by atoms with Crippen LogP contribution in [0.5, 0.6) is 0 Å². The topological polar surface area (TPSA) is 32.3 Å². The van der Waals surface area contributed by atoms with E-state index < -0.39 is 5.60 Å². The van der Waals surface area contributed by atoms with Crippen LogP contribution < -0.4 is 5.32 Å². The van der Waals surface area contributed by atoms with Gasteiger partial charge in [-0.1, -0.05) is 38.1 Å². The highest BCUT2D eigenvalue weighted by atomic mass is 16.3. The molecule has 0 aromatic heterocycles. The van der Waals surface area contributed by atoms with Gasteiger partial charge in [0.25, 0.3) is 0 Å². The SMILES string of the molecule is CC(C)CNCC1(O)C2CCC1Cc1ccccc1C2. The summed E-state index contributed by atoms with van der Waals surface area (Å²) >= 11 is 0. The summed E-state index contributed by atoms with van der Waals surface area (Å²) in [5.41, 5.74) is 2.41.